The Balaban J connectivity index is 2.17. The molecule has 1 aliphatic carbocycles. The summed E-state index contributed by atoms with van der Waals surface area (Å²) in [6.07, 6.45) is 6.99. The zero-order valence-corrected chi connectivity index (χ0v) is 16.0. The van der Waals surface area contributed by atoms with Gasteiger partial charge in [-0.15, -0.1) is 0 Å². The van der Waals surface area contributed by atoms with Gasteiger partial charge in [-0.2, -0.15) is 0 Å². The predicted molar refractivity (Wildman–Crippen MR) is 107 cm³/mol. The van der Waals surface area contributed by atoms with E-state index in [1.165, 1.54) is 23.1 Å². The summed E-state index contributed by atoms with van der Waals surface area (Å²) >= 11 is 6.06. The lowest BCUT2D eigenvalue weighted by molar-refractivity contribution is 0.0962. The van der Waals surface area contributed by atoms with E-state index >= 15 is 0 Å². The van der Waals surface area contributed by atoms with Crippen LogP contribution in [-0.4, -0.2) is 24.7 Å². The Kier molecular flexibility index (Phi) is 6.33. The Bertz CT molecular complexity index is 784. The standard InChI is InChI=1S/C22H26ClNO2/c1-24-22(26)21-19-8-3-2-7-18(19)16(6-4-5-13-25)14-20(21)15-9-11-17(23)12-10-15/h9-12,14,25H,2-8,13H2,1H3,(H,24,26). The highest BCUT2D eigenvalue weighted by atomic mass is 35.5. The molecule has 3 rings (SSSR count). The lowest BCUT2D eigenvalue weighted by Gasteiger charge is -2.25. The fourth-order valence-corrected chi connectivity index (χ4v) is 4.05. The number of hydrogen-bond donors (Lipinski definition) is 2. The van der Waals surface area contributed by atoms with Crippen LogP contribution in [-0.2, 0) is 19.3 Å². The number of aliphatic hydroxyl groups excluding tert-OH is 1. The van der Waals surface area contributed by atoms with E-state index in [0.717, 1.165) is 55.2 Å². The van der Waals surface area contributed by atoms with Crippen molar-refractivity contribution in [2.45, 2.75) is 44.9 Å². The number of rotatable bonds is 6. The fraction of sp³-hybridized carbons (Fsp3) is 0.409. The van der Waals surface area contributed by atoms with Crippen LogP contribution >= 0.6 is 11.6 Å². The molecule has 0 spiro atoms. The lowest BCUT2D eigenvalue weighted by atomic mass is 9.80. The molecule has 26 heavy (non-hydrogen) atoms. The minimum absolute atomic E-state index is 0.0185. The van der Waals surface area contributed by atoms with Crippen LogP contribution in [0.4, 0.5) is 0 Å². The number of carbonyl (C=O) groups is 1. The first-order valence-corrected chi connectivity index (χ1v) is 9.80. The van der Waals surface area contributed by atoms with Crippen LogP contribution < -0.4 is 5.32 Å². The van der Waals surface area contributed by atoms with Crippen LogP contribution in [0.5, 0.6) is 0 Å². The molecule has 0 bridgehead atoms. The number of carbonyl (C=O) groups excluding carboxylic acids is 1. The van der Waals surface area contributed by atoms with Crippen molar-refractivity contribution < 1.29 is 9.90 Å². The Morgan fingerprint density at radius 2 is 1.81 bits per heavy atom. The summed E-state index contributed by atoms with van der Waals surface area (Å²) in [7, 11) is 1.69. The normalized spacial score (nSPS) is 13.3. The van der Waals surface area contributed by atoms with Gasteiger partial charge in [0.25, 0.3) is 5.91 Å². The molecule has 0 aromatic heterocycles. The van der Waals surface area contributed by atoms with Crippen LogP contribution in [0.15, 0.2) is 30.3 Å². The van der Waals surface area contributed by atoms with E-state index in [2.05, 4.69) is 11.4 Å². The first-order chi connectivity index (χ1) is 12.7. The average Bonchev–Trinajstić information content (AvgIpc) is 2.68. The number of hydrogen-bond acceptors (Lipinski definition) is 2. The number of aliphatic hydroxyl groups is 1. The number of unbranched alkanes of at least 4 members (excludes halogenated alkanes) is 1. The second-order valence-corrected chi connectivity index (χ2v) is 7.33. The quantitative estimate of drug-likeness (QED) is 0.731. The number of fused-ring (bicyclic) bond motifs is 1. The van der Waals surface area contributed by atoms with E-state index in [9.17, 15) is 4.79 Å². The summed E-state index contributed by atoms with van der Waals surface area (Å²) in [5.41, 5.74) is 6.71. The van der Waals surface area contributed by atoms with Crippen molar-refractivity contribution in [3.8, 4) is 11.1 Å². The van der Waals surface area contributed by atoms with Gasteiger partial charge in [0.2, 0.25) is 0 Å². The molecule has 0 atom stereocenters. The molecule has 0 fully saturated rings. The van der Waals surface area contributed by atoms with Gasteiger partial charge in [-0.25, -0.2) is 0 Å². The van der Waals surface area contributed by atoms with Crippen molar-refractivity contribution >= 4 is 17.5 Å². The van der Waals surface area contributed by atoms with Crippen LogP contribution in [0.25, 0.3) is 11.1 Å². The fourth-order valence-electron chi connectivity index (χ4n) is 3.92. The predicted octanol–water partition coefficient (Wildman–Crippen LogP) is 4.56. The van der Waals surface area contributed by atoms with Gasteiger partial charge in [0, 0.05) is 18.7 Å². The highest BCUT2D eigenvalue weighted by Crippen LogP contribution is 2.36. The first kappa shape index (κ1) is 18.9. The van der Waals surface area contributed by atoms with E-state index < -0.39 is 0 Å². The molecular formula is C22H26ClNO2. The number of nitrogens with one attached hydrogen (secondary N) is 1. The van der Waals surface area contributed by atoms with Gasteiger partial charge in [-0.3, -0.25) is 4.79 Å². The third kappa shape index (κ3) is 3.94. The molecule has 0 saturated heterocycles. The van der Waals surface area contributed by atoms with Gasteiger partial charge in [0.15, 0.2) is 0 Å². The molecule has 2 aromatic rings. The zero-order valence-electron chi connectivity index (χ0n) is 15.3. The maximum absolute atomic E-state index is 12.7. The summed E-state index contributed by atoms with van der Waals surface area (Å²) in [6, 6.07) is 9.90. The summed E-state index contributed by atoms with van der Waals surface area (Å²) in [6.45, 7) is 0.225. The van der Waals surface area contributed by atoms with Gasteiger partial charge in [-0.05, 0) is 84.9 Å². The van der Waals surface area contributed by atoms with Gasteiger partial charge in [0.1, 0.15) is 0 Å². The highest BCUT2D eigenvalue weighted by molar-refractivity contribution is 6.30. The highest BCUT2D eigenvalue weighted by Gasteiger charge is 2.24. The second-order valence-electron chi connectivity index (χ2n) is 6.89. The van der Waals surface area contributed by atoms with Crippen molar-refractivity contribution in [1.29, 1.82) is 0 Å². The second kappa shape index (κ2) is 8.70. The van der Waals surface area contributed by atoms with Gasteiger partial charge < -0.3 is 10.4 Å². The van der Waals surface area contributed by atoms with Gasteiger partial charge in [-0.1, -0.05) is 29.8 Å². The maximum atomic E-state index is 12.7. The lowest BCUT2D eigenvalue weighted by Crippen LogP contribution is -2.23. The number of halogens is 1. The van der Waals surface area contributed by atoms with Gasteiger partial charge in [0.05, 0.1) is 5.56 Å². The van der Waals surface area contributed by atoms with Crippen molar-refractivity contribution in [2.24, 2.45) is 0 Å². The Hall–Kier alpha value is -1.84. The molecule has 4 heteroatoms. The van der Waals surface area contributed by atoms with E-state index in [4.69, 9.17) is 16.7 Å². The van der Waals surface area contributed by atoms with Crippen molar-refractivity contribution in [3.05, 3.63) is 57.6 Å². The number of aryl methyl sites for hydroxylation is 1. The largest absolute Gasteiger partial charge is 0.396 e. The molecule has 3 nitrogen and oxygen atoms in total. The molecule has 0 saturated carbocycles. The van der Waals surface area contributed by atoms with Crippen LogP contribution in [0.2, 0.25) is 5.02 Å². The van der Waals surface area contributed by atoms with E-state index in [-0.39, 0.29) is 12.5 Å². The van der Waals surface area contributed by atoms with Crippen molar-refractivity contribution in [1.82, 2.24) is 5.32 Å². The minimum atomic E-state index is -0.0185. The third-order valence-corrected chi connectivity index (χ3v) is 5.46. The summed E-state index contributed by atoms with van der Waals surface area (Å²) in [5, 5.41) is 12.6. The topological polar surface area (TPSA) is 49.3 Å². The molecular weight excluding hydrogens is 346 g/mol. The van der Waals surface area contributed by atoms with Crippen molar-refractivity contribution in [2.75, 3.05) is 13.7 Å². The van der Waals surface area contributed by atoms with E-state index in [1.54, 1.807) is 7.05 Å². The zero-order chi connectivity index (χ0) is 18.5. The summed E-state index contributed by atoms with van der Waals surface area (Å²) in [4.78, 5) is 12.7. The third-order valence-electron chi connectivity index (χ3n) is 5.21. The number of amides is 1. The number of benzene rings is 2. The molecule has 1 aliphatic rings. The maximum Gasteiger partial charge on any atom is 0.251 e. The summed E-state index contributed by atoms with van der Waals surface area (Å²) < 4.78 is 0. The Labute approximate surface area is 160 Å². The smallest absolute Gasteiger partial charge is 0.251 e. The average molecular weight is 372 g/mol. The molecule has 0 heterocycles. The van der Waals surface area contributed by atoms with Crippen molar-refractivity contribution in [3.63, 3.8) is 0 Å². The molecule has 0 aliphatic heterocycles. The molecule has 2 aromatic carbocycles. The first-order valence-electron chi connectivity index (χ1n) is 9.42. The molecule has 0 unspecified atom stereocenters. The molecule has 0 radical (unpaired) electrons. The van der Waals surface area contributed by atoms with Crippen LogP contribution in [0.1, 0.15) is 52.7 Å². The van der Waals surface area contributed by atoms with E-state index in [1.807, 2.05) is 24.3 Å². The summed E-state index contributed by atoms with van der Waals surface area (Å²) in [5.74, 6) is -0.0185. The Morgan fingerprint density at radius 1 is 1.12 bits per heavy atom. The van der Waals surface area contributed by atoms with Crippen LogP contribution in [0.3, 0.4) is 0 Å². The Morgan fingerprint density at radius 3 is 2.46 bits per heavy atom. The SMILES string of the molecule is CNC(=O)c1c(-c2ccc(Cl)cc2)cc(CCCCO)c2c1CCCC2. The molecule has 1 amide bonds. The van der Waals surface area contributed by atoms with Gasteiger partial charge >= 0.3 is 0 Å². The van der Waals surface area contributed by atoms with Crippen LogP contribution in [0, 0.1) is 0 Å². The van der Waals surface area contributed by atoms with E-state index in [0.29, 0.717) is 5.02 Å². The molecule has 2 N–H and O–H groups in total. The minimum Gasteiger partial charge on any atom is -0.396 e. The molecule has 138 valence electrons. The monoisotopic (exact) mass is 371 g/mol.